The van der Waals surface area contributed by atoms with Gasteiger partial charge in [-0.25, -0.2) is 0 Å². The van der Waals surface area contributed by atoms with Crippen molar-refractivity contribution in [2.24, 2.45) is 5.92 Å². The van der Waals surface area contributed by atoms with Crippen molar-refractivity contribution in [2.75, 3.05) is 23.5 Å². The fraction of sp³-hybridized carbons (Fsp3) is 0.548. The molecule has 2 aromatic carbocycles. The molecule has 0 aliphatic heterocycles. The summed E-state index contributed by atoms with van der Waals surface area (Å²) < 4.78 is 18.8. The molecule has 2 aromatic rings. The van der Waals surface area contributed by atoms with Crippen LogP contribution in [0.2, 0.25) is 0 Å². The van der Waals surface area contributed by atoms with Crippen LogP contribution in [0.1, 0.15) is 73.4 Å². The summed E-state index contributed by atoms with van der Waals surface area (Å²) in [4.78, 5) is 25.0. The Morgan fingerprint density at radius 2 is 1.85 bits per heavy atom. The minimum absolute atomic E-state index is 0. The van der Waals surface area contributed by atoms with Gasteiger partial charge in [-0.15, -0.1) is 0 Å². The number of thioether (sulfide) groups is 1. The van der Waals surface area contributed by atoms with E-state index in [2.05, 4.69) is 5.32 Å². The van der Waals surface area contributed by atoms with Crippen LogP contribution in [0.5, 0.6) is 0 Å². The van der Waals surface area contributed by atoms with Gasteiger partial charge in [0.2, 0.25) is 0 Å². The van der Waals surface area contributed by atoms with Gasteiger partial charge in [-0.2, -0.15) is 11.8 Å². The number of rotatable bonds is 15. The van der Waals surface area contributed by atoms with Crippen LogP contribution < -0.4 is 29.3 Å². The van der Waals surface area contributed by atoms with E-state index in [0.29, 0.717) is 41.8 Å². The number of benzene rings is 2. The molecule has 0 spiro atoms. The largest absolute Gasteiger partial charge is 1.00 e. The van der Waals surface area contributed by atoms with E-state index in [9.17, 15) is 18.9 Å². The van der Waals surface area contributed by atoms with Crippen LogP contribution >= 0.6 is 11.8 Å². The Morgan fingerprint density at radius 1 is 1.12 bits per heavy atom. The molecule has 1 amide bonds. The zero-order chi connectivity index (χ0) is 28.2. The third-order valence-corrected chi connectivity index (χ3v) is 9.50. The molecule has 3 rings (SSSR count). The van der Waals surface area contributed by atoms with Gasteiger partial charge >= 0.3 is 18.9 Å². The molecule has 0 heterocycles. The van der Waals surface area contributed by atoms with Gasteiger partial charge in [0.1, 0.15) is 0 Å². The third-order valence-electron chi connectivity index (χ3n) is 7.46. The Hall–Kier alpha value is -1.56. The molecule has 3 atom stereocenters. The number of nitrogens with one attached hydrogen (secondary N) is 1. The molecule has 1 saturated carbocycles. The van der Waals surface area contributed by atoms with Crippen molar-refractivity contribution in [3.63, 3.8) is 0 Å². The number of amides is 1. The van der Waals surface area contributed by atoms with Gasteiger partial charge in [0.05, 0.1) is 24.7 Å². The quantitative estimate of drug-likeness (QED) is 0.324. The fourth-order valence-corrected chi connectivity index (χ4v) is 6.57. The SMILES string of the molecule is CCS(=O)C[C@H](CC1CCCCC1)OCc1ccc(C(=O)N[C@@H](CCSC)C(=O)[O-])c(-c2ccccc2C)c1.[Li+]. The van der Waals surface area contributed by atoms with E-state index in [0.717, 1.165) is 28.7 Å². The summed E-state index contributed by atoms with van der Waals surface area (Å²) in [5.41, 5.74) is 3.98. The van der Waals surface area contributed by atoms with Gasteiger partial charge in [-0.3, -0.25) is 9.00 Å². The topological polar surface area (TPSA) is 95.5 Å². The van der Waals surface area contributed by atoms with E-state index in [1.54, 1.807) is 6.07 Å². The summed E-state index contributed by atoms with van der Waals surface area (Å²) in [6.07, 6.45) is 9.28. The van der Waals surface area contributed by atoms with Crippen LogP contribution in [0.3, 0.4) is 0 Å². The van der Waals surface area contributed by atoms with Crippen LogP contribution in [-0.2, 0) is 26.9 Å². The second-order valence-electron chi connectivity index (χ2n) is 10.4. The number of carbonyl (C=O) groups is 2. The first-order valence-corrected chi connectivity index (χ1v) is 16.9. The van der Waals surface area contributed by atoms with Gasteiger partial charge in [-0.1, -0.05) is 69.4 Å². The van der Waals surface area contributed by atoms with E-state index in [1.807, 2.05) is 56.5 Å². The average molecular weight is 580 g/mol. The Kier molecular flexibility index (Phi) is 15.7. The zero-order valence-corrected chi connectivity index (χ0v) is 26.0. The zero-order valence-electron chi connectivity index (χ0n) is 24.4. The van der Waals surface area contributed by atoms with Crippen molar-refractivity contribution in [2.45, 2.75) is 77.5 Å². The second-order valence-corrected chi connectivity index (χ2v) is 13.2. The number of ether oxygens (including phenoxy) is 1. The third kappa shape index (κ3) is 10.7. The Labute approximate surface area is 258 Å². The summed E-state index contributed by atoms with van der Waals surface area (Å²) >= 11 is 1.52. The Bertz CT molecular complexity index is 1120. The molecule has 0 saturated heterocycles. The van der Waals surface area contributed by atoms with Gasteiger partial charge in [0.15, 0.2) is 0 Å². The number of hydrogen-bond acceptors (Lipinski definition) is 6. The predicted octanol–water partition coefficient (Wildman–Crippen LogP) is 1.89. The molecule has 214 valence electrons. The molecule has 9 heteroatoms. The minimum Gasteiger partial charge on any atom is -0.548 e. The summed E-state index contributed by atoms with van der Waals surface area (Å²) in [6.45, 7) is 4.29. The molecule has 0 aromatic heterocycles. The molecule has 1 aliphatic rings. The fourth-order valence-electron chi connectivity index (χ4n) is 5.22. The number of carboxylic acid groups (broad SMARTS) is 1. The molecule has 1 fully saturated rings. The Balaban J connectivity index is 0.00000560. The van der Waals surface area contributed by atoms with Crippen molar-refractivity contribution in [1.82, 2.24) is 5.32 Å². The normalized spacial score (nSPS) is 16.0. The molecule has 0 radical (unpaired) electrons. The van der Waals surface area contributed by atoms with Gasteiger partial charge in [0.25, 0.3) is 5.91 Å². The van der Waals surface area contributed by atoms with E-state index in [4.69, 9.17) is 4.74 Å². The predicted molar refractivity (Wildman–Crippen MR) is 159 cm³/mol. The first-order valence-electron chi connectivity index (χ1n) is 14.0. The van der Waals surface area contributed by atoms with E-state index in [-0.39, 0.29) is 25.0 Å². The van der Waals surface area contributed by atoms with Crippen molar-refractivity contribution >= 4 is 34.4 Å². The smallest absolute Gasteiger partial charge is 0.548 e. The van der Waals surface area contributed by atoms with Gasteiger partial charge in [0, 0.05) is 27.9 Å². The number of aryl methyl sites for hydroxylation is 1. The first kappa shape index (κ1) is 34.6. The van der Waals surface area contributed by atoms with Crippen LogP contribution in [0, 0.1) is 12.8 Å². The van der Waals surface area contributed by atoms with Crippen LogP contribution in [0.4, 0.5) is 0 Å². The molecule has 0 bridgehead atoms. The van der Waals surface area contributed by atoms with E-state index >= 15 is 0 Å². The molecule has 1 unspecified atom stereocenters. The van der Waals surface area contributed by atoms with Gasteiger partial charge < -0.3 is 20.0 Å². The van der Waals surface area contributed by atoms with Crippen molar-refractivity contribution in [3.8, 4) is 11.1 Å². The van der Waals surface area contributed by atoms with Crippen molar-refractivity contribution < 1.29 is 42.5 Å². The van der Waals surface area contributed by atoms with E-state index in [1.165, 1.54) is 43.9 Å². The number of aliphatic carboxylic acids is 1. The standard InChI is InChI=1S/C31H43NO5S2.Li/c1-4-39(36)21-25(18-23-11-6-5-7-12-23)37-20-24-14-15-27(28(19-24)26-13-9-8-10-22(26)2)30(33)32-29(31(34)35)16-17-38-3;/h8-10,13-15,19,23,25,29H,4-7,11-12,16-18,20-21H2,1-3H3,(H,32,33)(H,34,35);/q;+1/p-1/t25-,29-,39?;/m0./s1. The molecule has 1 N–H and O–H groups in total. The summed E-state index contributed by atoms with van der Waals surface area (Å²) in [7, 11) is -0.911. The minimum atomic E-state index is -1.28. The molecule has 1 aliphatic carbocycles. The van der Waals surface area contributed by atoms with Crippen molar-refractivity contribution in [1.29, 1.82) is 0 Å². The number of carbonyl (C=O) groups excluding carboxylic acids is 2. The average Bonchev–Trinajstić information content (AvgIpc) is 2.94. The van der Waals surface area contributed by atoms with Crippen LogP contribution in [-0.4, -0.2) is 51.7 Å². The maximum atomic E-state index is 13.3. The summed E-state index contributed by atoms with van der Waals surface area (Å²) in [5, 5.41) is 14.3. The summed E-state index contributed by atoms with van der Waals surface area (Å²) in [6, 6.07) is 12.3. The summed E-state index contributed by atoms with van der Waals surface area (Å²) in [5.74, 6) is 0.658. The van der Waals surface area contributed by atoms with E-state index < -0.39 is 28.7 Å². The second kappa shape index (κ2) is 18.1. The molecule has 6 nitrogen and oxygen atoms in total. The van der Waals surface area contributed by atoms with Crippen LogP contribution in [0.15, 0.2) is 42.5 Å². The molecular weight excluding hydrogens is 537 g/mol. The van der Waals surface area contributed by atoms with Crippen LogP contribution in [0.25, 0.3) is 11.1 Å². The first-order chi connectivity index (χ1) is 18.8. The van der Waals surface area contributed by atoms with Crippen molar-refractivity contribution in [3.05, 3.63) is 59.2 Å². The Morgan fingerprint density at radius 3 is 2.50 bits per heavy atom. The number of carboxylic acids is 1. The molecular formula is C31H42LiNO5S2. The maximum Gasteiger partial charge on any atom is 1.00 e. The number of hydrogen-bond donors (Lipinski definition) is 1. The monoisotopic (exact) mass is 579 g/mol. The van der Waals surface area contributed by atoms with Gasteiger partial charge in [-0.05, 0) is 72.1 Å². The molecule has 40 heavy (non-hydrogen) atoms. The maximum absolute atomic E-state index is 13.3.